The summed E-state index contributed by atoms with van der Waals surface area (Å²) in [6.07, 6.45) is 5.15. The summed E-state index contributed by atoms with van der Waals surface area (Å²) < 4.78 is 7.02. The second kappa shape index (κ2) is 4.67. The molecule has 5 nitrogen and oxygen atoms in total. The zero-order valence-corrected chi connectivity index (χ0v) is 11.6. The van der Waals surface area contributed by atoms with Gasteiger partial charge in [-0.15, -0.1) is 0 Å². The van der Waals surface area contributed by atoms with Gasteiger partial charge >= 0.3 is 0 Å². The average Bonchev–Trinajstić information content (AvgIpc) is 3.11. The van der Waals surface area contributed by atoms with Gasteiger partial charge in [-0.1, -0.05) is 18.2 Å². The Labute approximate surface area is 117 Å². The number of aromatic nitrogens is 2. The van der Waals surface area contributed by atoms with E-state index in [1.54, 1.807) is 31.2 Å². The number of methoxy groups -OCH3 is 1. The lowest BCUT2D eigenvalue weighted by atomic mass is 10.0. The smallest absolute Gasteiger partial charge is 0.255 e. The molecule has 1 aliphatic rings. The number of carbonyl (C=O) groups is 1. The molecule has 0 bridgehead atoms. The summed E-state index contributed by atoms with van der Waals surface area (Å²) in [6, 6.07) is 7.83. The molecular formula is C15H17N3O2. The van der Waals surface area contributed by atoms with E-state index in [0.717, 1.165) is 24.2 Å². The van der Waals surface area contributed by atoms with Crippen LogP contribution in [0.1, 0.15) is 28.8 Å². The molecule has 1 saturated carbocycles. The van der Waals surface area contributed by atoms with Crippen LogP contribution in [0.15, 0.2) is 36.7 Å². The minimum atomic E-state index is -0.292. The number of para-hydroxylation sites is 1. The van der Waals surface area contributed by atoms with Gasteiger partial charge in [-0.3, -0.25) is 9.48 Å². The van der Waals surface area contributed by atoms with Crippen LogP contribution in [0, 0.1) is 0 Å². The van der Waals surface area contributed by atoms with Gasteiger partial charge in [-0.25, -0.2) is 0 Å². The summed E-state index contributed by atoms with van der Waals surface area (Å²) in [5.41, 5.74) is 1.33. The molecule has 1 aromatic heterocycles. The summed E-state index contributed by atoms with van der Waals surface area (Å²) in [7, 11) is 3.45. The first-order valence-electron chi connectivity index (χ1n) is 6.59. The van der Waals surface area contributed by atoms with Crippen molar-refractivity contribution in [3.8, 4) is 5.75 Å². The van der Waals surface area contributed by atoms with Gasteiger partial charge in [0, 0.05) is 18.8 Å². The molecule has 1 amide bonds. The number of carbonyl (C=O) groups excluding carboxylic acids is 1. The second-order valence-corrected chi connectivity index (χ2v) is 5.14. The largest absolute Gasteiger partial charge is 0.496 e. The van der Waals surface area contributed by atoms with Gasteiger partial charge in [0.15, 0.2) is 0 Å². The molecule has 1 aliphatic carbocycles. The van der Waals surface area contributed by atoms with E-state index < -0.39 is 0 Å². The number of hydrogen-bond acceptors (Lipinski definition) is 3. The Balaban J connectivity index is 1.84. The van der Waals surface area contributed by atoms with Gasteiger partial charge in [0.1, 0.15) is 5.75 Å². The lowest BCUT2D eigenvalue weighted by molar-refractivity contribution is 0.0930. The Hall–Kier alpha value is -2.30. The van der Waals surface area contributed by atoms with Crippen LogP contribution in [0.5, 0.6) is 5.75 Å². The number of rotatable bonds is 4. The molecule has 1 heterocycles. The number of ether oxygens (including phenoxy) is 1. The highest BCUT2D eigenvalue weighted by Crippen LogP contribution is 2.48. The maximum absolute atomic E-state index is 12.3. The molecule has 1 aromatic carbocycles. The van der Waals surface area contributed by atoms with Crippen molar-refractivity contribution in [2.45, 2.75) is 18.4 Å². The van der Waals surface area contributed by atoms with E-state index in [9.17, 15) is 4.79 Å². The van der Waals surface area contributed by atoms with E-state index in [1.165, 1.54) is 0 Å². The number of amides is 1. The highest BCUT2D eigenvalue weighted by molar-refractivity contribution is 5.94. The topological polar surface area (TPSA) is 56.1 Å². The standard InChI is InChI=1S/C15H17N3O2/c1-18-10-11(9-16-18)14(19)17-15(7-8-15)12-5-3-4-6-13(12)20-2/h3-6,9-10H,7-8H2,1-2H3,(H,17,19). The van der Waals surface area contributed by atoms with E-state index in [0.29, 0.717) is 5.56 Å². The first-order chi connectivity index (χ1) is 9.64. The van der Waals surface area contributed by atoms with Crippen LogP contribution in [0.25, 0.3) is 0 Å². The van der Waals surface area contributed by atoms with E-state index in [4.69, 9.17) is 4.74 Å². The molecule has 1 fully saturated rings. The van der Waals surface area contributed by atoms with Crippen molar-refractivity contribution in [2.75, 3.05) is 7.11 Å². The van der Waals surface area contributed by atoms with Gasteiger partial charge in [0.25, 0.3) is 5.91 Å². The summed E-state index contributed by atoms with van der Waals surface area (Å²) >= 11 is 0. The molecule has 0 spiro atoms. The molecule has 0 atom stereocenters. The molecule has 5 heteroatoms. The van der Waals surface area contributed by atoms with Crippen molar-refractivity contribution in [1.29, 1.82) is 0 Å². The minimum Gasteiger partial charge on any atom is -0.496 e. The average molecular weight is 271 g/mol. The lowest BCUT2D eigenvalue weighted by Crippen LogP contribution is -2.35. The fraction of sp³-hybridized carbons (Fsp3) is 0.333. The lowest BCUT2D eigenvalue weighted by Gasteiger charge is -2.20. The highest BCUT2D eigenvalue weighted by atomic mass is 16.5. The molecule has 0 radical (unpaired) electrons. The van der Waals surface area contributed by atoms with Crippen LogP contribution < -0.4 is 10.1 Å². The zero-order chi connectivity index (χ0) is 14.2. The van der Waals surface area contributed by atoms with Gasteiger partial charge < -0.3 is 10.1 Å². The number of nitrogens with zero attached hydrogens (tertiary/aromatic N) is 2. The molecular weight excluding hydrogens is 254 g/mol. The third kappa shape index (κ3) is 2.15. The monoisotopic (exact) mass is 271 g/mol. The third-order valence-corrected chi connectivity index (χ3v) is 3.69. The van der Waals surface area contributed by atoms with Crippen molar-refractivity contribution >= 4 is 5.91 Å². The van der Waals surface area contributed by atoms with Crippen LogP contribution in [0.4, 0.5) is 0 Å². The number of aryl methyl sites for hydroxylation is 1. The van der Waals surface area contributed by atoms with Crippen molar-refractivity contribution < 1.29 is 9.53 Å². The quantitative estimate of drug-likeness (QED) is 0.923. The summed E-state index contributed by atoms with van der Waals surface area (Å²) in [4.78, 5) is 12.3. The molecule has 0 aliphatic heterocycles. The molecule has 0 unspecified atom stereocenters. The molecule has 2 aromatic rings. The first-order valence-corrected chi connectivity index (χ1v) is 6.59. The van der Waals surface area contributed by atoms with Gasteiger partial charge in [0.2, 0.25) is 0 Å². The number of nitrogens with one attached hydrogen (secondary N) is 1. The van der Waals surface area contributed by atoms with E-state index in [1.807, 2.05) is 24.3 Å². The van der Waals surface area contributed by atoms with Gasteiger partial charge in [0.05, 0.1) is 24.4 Å². The molecule has 0 saturated heterocycles. The Morgan fingerprint density at radius 1 is 1.40 bits per heavy atom. The van der Waals surface area contributed by atoms with Crippen LogP contribution in [0.3, 0.4) is 0 Å². The zero-order valence-electron chi connectivity index (χ0n) is 11.6. The van der Waals surface area contributed by atoms with Crippen molar-refractivity contribution in [1.82, 2.24) is 15.1 Å². The van der Waals surface area contributed by atoms with Crippen LogP contribution in [0.2, 0.25) is 0 Å². The van der Waals surface area contributed by atoms with E-state index in [2.05, 4.69) is 10.4 Å². The highest BCUT2D eigenvalue weighted by Gasteiger charge is 2.47. The second-order valence-electron chi connectivity index (χ2n) is 5.14. The first kappa shape index (κ1) is 12.7. The normalized spacial score (nSPS) is 15.7. The Kier molecular flexibility index (Phi) is 2.97. The predicted octanol–water partition coefficient (Wildman–Crippen LogP) is 1.85. The Morgan fingerprint density at radius 2 is 2.15 bits per heavy atom. The Morgan fingerprint density at radius 3 is 2.75 bits per heavy atom. The SMILES string of the molecule is COc1ccccc1C1(NC(=O)c2cnn(C)c2)CC1. The summed E-state index contributed by atoms with van der Waals surface area (Å²) in [5, 5.41) is 7.14. The van der Waals surface area contributed by atoms with Gasteiger partial charge in [-0.2, -0.15) is 5.10 Å². The summed E-state index contributed by atoms with van der Waals surface area (Å²) in [5.74, 6) is 0.720. The van der Waals surface area contributed by atoms with Crippen molar-refractivity contribution in [2.24, 2.45) is 7.05 Å². The fourth-order valence-corrected chi connectivity index (χ4v) is 2.45. The van der Waals surface area contributed by atoms with Crippen molar-refractivity contribution in [3.63, 3.8) is 0 Å². The van der Waals surface area contributed by atoms with Crippen LogP contribution in [-0.2, 0) is 12.6 Å². The Bertz CT molecular complexity index is 644. The maximum Gasteiger partial charge on any atom is 0.255 e. The van der Waals surface area contributed by atoms with E-state index in [-0.39, 0.29) is 11.4 Å². The van der Waals surface area contributed by atoms with Crippen LogP contribution in [-0.4, -0.2) is 22.8 Å². The molecule has 104 valence electrons. The number of hydrogen-bond donors (Lipinski definition) is 1. The van der Waals surface area contributed by atoms with Crippen LogP contribution >= 0.6 is 0 Å². The maximum atomic E-state index is 12.3. The molecule has 3 rings (SSSR count). The fourth-order valence-electron chi connectivity index (χ4n) is 2.45. The van der Waals surface area contributed by atoms with Crippen molar-refractivity contribution in [3.05, 3.63) is 47.8 Å². The summed E-state index contributed by atoms with van der Waals surface area (Å²) in [6.45, 7) is 0. The number of benzene rings is 1. The molecule has 1 N–H and O–H groups in total. The van der Waals surface area contributed by atoms with Gasteiger partial charge in [-0.05, 0) is 18.9 Å². The van der Waals surface area contributed by atoms with E-state index >= 15 is 0 Å². The minimum absolute atomic E-state index is 0.0958. The third-order valence-electron chi connectivity index (χ3n) is 3.69. The molecule has 20 heavy (non-hydrogen) atoms. The predicted molar refractivity (Wildman–Crippen MR) is 74.6 cm³/mol.